The first-order valence-electron chi connectivity index (χ1n) is 4.81. The molecule has 70 valence electrons. The van der Waals surface area contributed by atoms with Crippen molar-refractivity contribution in [2.45, 2.75) is 25.3 Å². The summed E-state index contributed by atoms with van der Waals surface area (Å²) < 4.78 is 0. The summed E-state index contributed by atoms with van der Waals surface area (Å²) in [5, 5.41) is 12.9. The van der Waals surface area contributed by atoms with Crippen LogP contribution >= 0.6 is 0 Å². The Kier molecular flexibility index (Phi) is 2.23. The highest BCUT2D eigenvalue weighted by molar-refractivity contribution is 5.42. The van der Waals surface area contributed by atoms with Gasteiger partial charge in [-0.05, 0) is 43.5 Å². The van der Waals surface area contributed by atoms with E-state index in [9.17, 15) is 5.11 Å². The van der Waals surface area contributed by atoms with Gasteiger partial charge in [-0.25, -0.2) is 0 Å². The number of phenolic OH excluding ortho intramolecular Hbond substituents is 1. The molecular formula is C11H15NO. The molecule has 0 radical (unpaired) electrons. The molecule has 0 saturated heterocycles. The van der Waals surface area contributed by atoms with Crippen molar-refractivity contribution in [3.05, 3.63) is 29.3 Å². The molecule has 2 rings (SSSR count). The van der Waals surface area contributed by atoms with Crippen LogP contribution in [0.3, 0.4) is 0 Å². The van der Waals surface area contributed by atoms with Crippen LogP contribution in [0.2, 0.25) is 0 Å². The summed E-state index contributed by atoms with van der Waals surface area (Å²) in [6.45, 7) is 0. The molecule has 0 heterocycles. The van der Waals surface area contributed by atoms with Crippen molar-refractivity contribution < 1.29 is 5.11 Å². The zero-order valence-corrected chi connectivity index (χ0v) is 7.88. The van der Waals surface area contributed by atoms with Gasteiger partial charge in [-0.2, -0.15) is 0 Å². The van der Waals surface area contributed by atoms with Crippen LogP contribution in [0, 0.1) is 0 Å². The van der Waals surface area contributed by atoms with Gasteiger partial charge in [0.2, 0.25) is 0 Å². The standard InChI is InChI=1S/C11H15NO/c1-12-10-6-2-5-9-8(10)4-3-7-11(9)13/h3-4,7,10,12-13H,2,5-6H2,1H3/t10-/m1/s1. The fourth-order valence-corrected chi connectivity index (χ4v) is 2.13. The highest BCUT2D eigenvalue weighted by Gasteiger charge is 2.20. The van der Waals surface area contributed by atoms with Crippen LogP contribution in [-0.2, 0) is 6.42 Å². The molecule has 0 aromatic heterocycles. The maximum Gasteiger partial charge on any atom is 0.119 e. The third-order valence-corrected chi connectivity index (χ3v) is 2.83. The lowest BCUT2D eigenvalue weighted by atomic mass is 9.87. The summed E-state index contributed by atoms with van der Waals surface area (Å²) in [6, 6.07) is 6.23. The number of aromatic hydroxyl groups is 1. The van der Waals surface area contributed by atoms with E-state index < -0.39 is 0 Å². The second-order valence-corrected chi connectivity index (χ2v) is 3.58. The molecular weight excluding hydrogens is 162 g/mol. The molecule has 2 nitrogen and oxygen atoms in total. The average molecular weight is 177 g/mol. The second-order valence-electron chi connectivity index (χ2n) is 3.58. The number of fused-ring (bicyclic) bond motifs is 1. The van der Waals surface area contributed by atoms with Crippen molar-refractivity contribution >= 4 is 0 Å². The lowest BCUT2D eigenvalue weighted by molar-refractivity contribution is 0.443. The van der Waals surface area contributed by atoms with Crippen LogP contribution in [-0.4, -0.2) is 12.2 Å². The van der Waals surface area contributed by atoms with Crippen molar-refractivity contribution in [3.63, 3.8) is 0 Å². The van der Waals surface area contributed by atoms with Gasteiger partial charge in [0.25, 0.3) is 0 Å². The summed E-state index contributed by atoms with van der Waals surface area (Å²) in [5.74, 6) is 0.456. The number of nitrogens with one attached hydrogen (secondary N) is 1. The first kappa shape index (κ1) is 8.57. The Morgan fingerprint density at radius 1 is 1.46 bits per heavy atom. The predicted octanol–water partition coefficient (Wildman–Crippen LogP) is 1.99. The van der Waals surface area contributed by atoms with Crippen LogP contribution in [0.1, 0.15) is 30.0 Å². The number of rotatable bonds is 1. The highest BCUT2D eigenvalue weighted by atomic mass is 16.3. The normalized spacial score (nSPS) is 21.2. The Morgan fingerprint density at radius 2 is 2.31 bits per heavy atom. The van der Waals surface area contributed by atoms with Crippen LogP contribution in [0.25, 0.3) is 0 Å². The second kappa shape index (κ2) is 3.38. The molecule has 1 aromatic carbocycles. The summed E-state index contributed by atoms with van der Waals surface area (Å²) in [5.41, 5.74) is 2.40. The van der Waals surface area contributed by atoms with Gasteiger partial charge >= 0.3 is 0 Å². The van der Waals surface area contributed by atoms with Crippen LogP contribution in [0.5, 0.6) is 5.75 Å². The Balaban J connectivity index is 2.45. The van der Waals surface area contributed by atoms with Gasteiger partial charge in [0.05, 0.1) is 0 Å². The van der Waals surface area contributed by atoms with Gasteiger partial charge in [0.1, 0.15) is 5.75 Å². The van der Waals surface area contributed by atoms with E-state index in [1.807, 2.05) is 13.1 Å². The SMILES string of the molecule is CN[C@@H]1CCCc2c(O)cccc21. The lowest BCUT2D eigenvalue weighted by Gasteiger charge is -2.25. The molecule has 1 aliphatic rings. The summed E-state index contributed by atoms with van der Waals surface area (Å²) in [6.07, 6.45) is 3.35. The molecule has 0 amide bonds. The predicted molar refractivity (Wildman–Crippen MR) is 52.8 cm³/mol. The zero-order valence-electron chi connectivity index (χ0n) is 7.88. The van der Waals surface area contributed by atoms with E-state index >= 15 is 0 Å². The van der Waals surface area contributed by atoms with Crippen molar-refractivity contribution in [3.8, 4) is 5.75 Å². The minimum Gasteiger partial charge on any atom is -0.508 e. The van der Waals surface area contributed by atoms with E-state index in [1.165, 1.54) is 12.0 Å². The molecule has 0 unspecified atom stereocenters. The molecule has 0 spiro atoms. The number of phenols is 1. The van der Waals surface area contributed by atoms with E-state index in [0.717, 1.165) is 18.4 Å². The largest absolute Gasteiger partial charge is 0.508 e. The Morgan fingerprint density at radius 3 is 3.08 bits per heavy atom. The maximum atomic E-state index is 9.64. The van der Waals surface area contributed by atoms with Gasteiger partial charge in [0, 0.05) is 6.04 Å². The molecule has 1 aromatic rings. The molecule has 0 saturated carbocycles. The topological polar surface area (TPSA) is 32.3 Å². The molecule has 2 heteroatoms. The van der Waals surface area contributed by atoms with Crippen molar-refractivity contribution in [2.75, 3.05) is 7.05 Å². The zero-order chi connectivity index (χ0) is 9.26. The molecule has 0 fully saturated rings. The third kappa shape index (κ3) is 1.42. The molecule has 2 N–H and O–H groups in total. The minimum absolute atomic E-state index is 0.427. The van der Waals surface area contributed by atoms with E-state index in [-0.39, 0.29) is 0 Å². The first-order chi connectivity index (χ1) is 6.33. The van der Waals surface area contributed by atoms with Crippen molar-refractivity contribution in [1.82, 2.24) is 5.32 Å². The molecule has 0 aliphatic heterocycles. The Hall–Kier alpha value is -1.02. The van der Waals surface area contributed by atoms with Crippen LogP contribution < -0.4 is 5.32 Å². The van der Waals surface area contributed by atoms with Crippen molar-refractivity contribution in [2.24, 2.45) is 0 Å². The fourth-order valence-electron chi connectivity index (χ4n) is 2.13. The Bertz CT molecular complexity index is 309. The molecule has 1 atom stereocenters. The number of hydrogen-bond acceptors (Lipinski definition) is 2. The van der Waals surface area contributed by atoms with E-state index in [0.29, 0.717) is 11.8 Å². The average Bonchev–Trinajstić information content (AvgIpc) is 2.18. The summed E-state index contributed by atoms with van der Waals surface area (Å²) in [7, 11) is 1.98. The molecule has 13 heavy (non-hydrogen) atoms. The minimum atomic E-state index is 0.427. The summed E-state index contributed by atoms with van der Waals surface area (Å²) in [4.78, 5) is 0. The van der Waals surface area contributed by atoms with Gasteiger partial charge in [0.15, 0.2) is 0 Å². The number of benzene rings is 1. The summed E-state index contributed by atoms with van der Waals surface area (Å²) >= 11 is 0. The van der Waals surface area contributed by atoms with Gasteiger partial charge in [-0.15, -0.1) is 0 Å². The third-order valence-electron chi connectivity index (χ3n) is 2.83. The van der Waals surface area contributed by atoms with Gasteiger partial charge < -0.3 is 10.4 Å². The van der Waals surface area contributed by atoms with Gasteiger partial charge in [-0.3, -0.25) is 0 Å². The maximum absolute atomic E-state index is 9.64. The smallest absolute Gasteiger partial charge is 0.119 e. The van der Waals surface area contributed by atoms with Gasteiger partial charge in [-0.1, -0.05) is 12.1 Å². The Labute approximate surface area is 78.6 Å². The van der Waals surface area contributed by atoms with E-state index in [1.54, 1.807) is 6.07 Å². The van der Waals surface area contributed by atoms with E-state index in [2.05, 4.69) is 11.4 Å². The number of hydrogen-bond donors (Lipinski definition) is 2. The van der Waals surface area contributed by atoms with E-state index in [4.69, 9.17) is 0 Å². The van der Waals surface area contributed by atoms with Crippen LogP contribution in [0.4, 0.5) is 0 Å². The highest BCUT2D eigenvalue weighted by Crippen LogP contribution is 2.34. The quantitative estimate of drug-likeness (QED) is 0.687. The fraction of sp³-hybridized carbons (Fsp3) is 0.455. The molecule has 0 bridgehead atoms. The van der Waals surface area contributed by atoms with Crippen LogP contribution in [0.15, 0.2) is 18.2 Å². The van der Waals surface area contributed by atoms with Crippen molar-refractivity contribution in [1.29, 1.82) is 0 Å². The monoisotopic (exact) mass is 177 g/mol. The molecule has 1 aliphatic carbocycles. The first-order valence-corrected chi connectivity index (χ1v) is 4.81. The lowest BCUT2D eigenvalue weighted by Crippen LogP contribution is -2.21.